The van der Waals surface area contributed by atoms with Crippen molar-refractivity contribution in [3.63, 3.8) is 0 Å². The summed E-state index contributed by atoms with van der Waals surface area (Å²) in [5, 5.41) is 5.12. The predicted molar refractivity (Wildman–Crippen MR) is 123 cm³/mol. The number of benzene rings is 2. The first-order valence-corrected chi connectivity index (χ1v) is 12.6. The molecule has 3 aromatic rings. The SMILES string of the molecule is O=C(CNc1cccc(S(=O)(=O)N2CCc3sccc3C2)c1)N1CCc2ccccc21. The molecule has 160 valence electrons. The van der Waals surface area contributed by atoms with Gasteiger partial charge in [-0.3, -0.25) is 4.79 Å². The Labute approximate surface area is 186 Å². The summed E-state index contributed by atoms with van der Waals surface area (Å²) >= 11 is 1.68. The van der Waals surface area contributed by atoms with Gasteiger partial charge in [-0.05, 0) is 59.7 Å². The zero-order valence-corrected chi connectivity index (χ0v) is 18.6. The maximum absolute atomic E-state index is 13.2. The Kier molecular flexibility index (Phi) is 5.29. The number of rotatable bonds is 5. The second-order valence-electron chi connectivity index (χ2n) is 7.76. The fourth-order valence-electron chi connectivity index (χ4n) is 4.21. The van der Waals surface area contributed by atoms with Crippen molar-refractivity contribution < 1.29 is 13.2 Å². The number of nitrogens with one attached hydrogen (secondary N) is 1. The second-order valence-corrected chi connectivity index (χ2v) is 10.7. The van der Waals surface area contributed by atoms with Crippen molar-refractivity contribution >= 4 is 38.6 Å². The van der Waals surface area contributed by atoms with E-state index in [0.717, 1.165) is 24.1 Å². The lowest BCUT2D eigenvalue weighted by atomic mass is 10.1. The standard InChI is InChI=1S/C23H23N3O3S2/c27-23(26-12-8-17-4-1-2-7-21(17)26)15-24-19-5-3-6-20(14-19)31(28,29)25-11-9-22-18(16-25)10-13-30-22/h1-7,10,13-14,24H,8-9,11-12,15-16H2. The maximum Gasteiger partial charge on any atom is 0.246 e. The number of hydrogen-bond donors (Lipinski definition) is 1. The van der Waals surface area contributed by atoms with E-state index in [1.165, 1.54) is 14.7 Å². The molecule has 6 nitrogen and oxygen atoms in total. The van der Waals surface area contributed by atoms with Crippen LogP contribution in [0.2, 0.25) is 0 Å². The molecule has 0 bridgehead atoms. The highest BCUT2D eigenvalue weighted by Gasteiger charge is 2.29. The Morgan fingerprint density at radius 3 is 2.77 bits per heavy atom. The Morgan fingerprint density at radius 2 is 1.87 bits per heavy atom. The van der Waals surface area contributed by atoms with Crippen LogP contribution >= 0.6 is 11.3 Å². The normalized spacial score (nSPS) is 16.1. The van der Waals surface area contributed by atoms with Crippen LogP contribution in [0.3, 0.4) is 0 Å². The molecule has 0 saturated carbocycles. The number of carbonyl (C=O) groups is 1. The highest BCUT2D eigenvalue weighted by molar-refractivity contribution is 7.89. The smallest absolute Gasteiger partial charge is 0.246 e. The maximum atomic E-state index is 13.2. The van der Waals surface area contributed by atoms with Gasteiger partial charge in [0.1, 0.15) is 0 Å². The van der Waals surface area contributed by atoms with E-state index < -0.39 is 10.0 Å². The third-order valence-electron chi connectivity index (χ3n) is 5.88. The van der Waals surface area contributed by atoms with Crippen LogP contribution in [0.15, 0.2) is 64.9 Å². The molecule has 8 heteroatoms. The number of fused-ring (bicyclic) bond motifs is 2. The molecular weight excluding hydrogens is 430 g/mol. The molecule has 5 rings (SSSR count). The highest BCUT2D eigenvalue weighted by atomic mass is 32.2. The van der Waals surface area contributed by atoms with Crippen molar-refractivity contribution in [1.29, 1.82) is 0 Å². The molecule has 0 radical (unpaired) electrons. The minimum Gasteiger partial charge on any atom is -0.376 e. The van der Waals surface area contributed by atoms with Crippen LogP contribution < -0.4 is 10.2 Å². The van der Waals surface area contributed by atoms with Gasteiger partial charge < -0.3 is 10.2 Å². The number of nitrogens with zero attached hydrogens (tertiary/aromatic N) is 2. The topological polar surface area (TPSA) is 69.7 Å². The van der Waals surface area contributed by atoms with Crippen LogP contribution in [0.25, 0.3) is 0 Å². The van der Waals surface area contributed by atoms with Gasteiger partial charge in [-0.1, -0.05) is 24.3 Å². The summed E-state index contributed by atoms with van der Waals surface area (Å²) in [4.78, 5) is 16.0. The van der Waals surface area contributed by atoms with Crippen LogP contribution in [0.5, 0.6) is 0 Å². The molecule has 2 aliphatic heterocycles. The van der Waals surface area contributed by atoms with Gasteiger partial charge in [0.25, 0.3) is 0 Å². The van der Waals surface area contributed by atoms with Crippen LogP contribution in [0.4, 0.5) is 11.4 Å². The molecule has 0 saturated heterocycles. The largest absolute Gasteiger partial charge is 0.376 e. The average molecular weight is 454 g/mol. The number of amides is 1. The third kappa shape index (κ3) is 3.86. The van der Waals surface area contributed by atoms with Crippen LogP contribution in [-0.4, -0.2) is 38.3 Å². The lowest BCUT2D eigenvalue weighted by Gasteiger charge is -2.26. The first-order chi connectivity index (χ1) is 15.0. The molecule has 2 aromatic carbocycles. The molecule has 1 amide bonds. The van der Waals surface area contributed by atoms with Gasteiger partial charge in [0.15, 0.2) is 0 Å². The second kappa shape index (κ2) is 8.11. The van der Waals surface area contributed by atoms with E-state index in [1.807, 2.05) is 35.7 Å². The number of thiophene rings is 1. The number of para-hydroxylation sites is 1. The summed E-state index contributed by atoms with van der Waals surface area (Å²) in [6.45, 7) is 1.68. The van der Waals surface area contributed by atoms with Gasteiger partial charge >= 0.3 is 0 Å². The van der Waals surface area contributed by atoms with Gasteiger partial charge in [0, 0.05) is 35.9 Å². The molecule has 0 fully saturated rings. The Morgan fingerprint density at radius 1 is 1.00 bits per heavy atom. The molecule has 2 aliphatic rings. The molecule has 0 spiro atoms. The molecule has 0 unspecified atom stereocenters. The summed E-state index contributed by atoms with van der Waals surface area (Å²) in [6.07, 6.45) is 1.60. The minimum absolute atomic E-state index is 0.0285. The zero-order chi connectivity index (χ0) is 21.4. The number of carbonyl (C=O) groups excluding carboxylic acids is 1. The fourth-order valence-corrected chi connectivity index (χ4v) is 6.57. The van der Waals surface area contributed by atoms with E-state index >= 15 is 0 Å². The van der Waals surface area contributed by atoms with Gasteiger partial charge in [0.05, 0.1) is 11.4 Å². The van der Waals surface area contributed by atoms with E-state index in [2.05, 4.69) is 5.32 Å². The summed E-state index contributed by atoms with van der Waals surface area (Å²) in [5.41, 5.74) is 3.85. The van der Waals surface area contributed by atoms with Crippen molar-refractivity contribution in [3.05, 3.63) is 76.0 Å². The Bertz CT molecular complexity index is 1240. The lowest BCUT2D eigenvalue weighted by Crippen LogP contribution is -2.35. The van der Waals surface area contributed by atoms with E-state index in [1.54, 1.807) is 40.5 Å². The van der Waals surface area contributed by atoms with Gasteiger partial charge in [-0.25, -0.2) is 8.42 Å². The van der Waals surface area contributed by atoms with Gasteiger partial charge in [-0.15, -0.1) is 11.3 Å². The fraction of sp³-hybridized carbons (Fsp3) is 0.261. The first-order valence-electron chi connectivity index (χ1n) is 10.3. The molecule has 1 N–H and O–H groups in total. The Hall–Kier alpha value is -2.68. The molecular formula is C23H23N3O3S2. The third-order valence-corrected chi connectivity index (χ3v) is 8.74. The first kappa shape index (κ1) is 20.2. The summed E-state index contributed by atoms with van der Waals surface area (Å²) in [5.74, 6) is -0.0285. The lowest BCUT2D eigenvalue weighted by molar-refractivity contribution is -0.116. The van der Waals surface area contributed by atoms with E-state index in [4.69, 9.17) is 0 Å². The van der Waals surface area contributed by atoms with Crippen LogP contribution in [0.1, 0.15) is 16.0 Å². The Balaban J connectivity index is 1.28. The van der Waals surface area contributed by atoms with Crippen LogP contribution in [-0.2, 0) is 34.2 Å². The van der Waals surface area contributed by atoms with Crippen molar-refractivity contribution in [2.24, 2.45) is 0 Å². The van der Waals surface area contributed by atoms with E-state index in [9.17, 15) is 13.2 Å². The number of anilines is 2. The van der Waals surface area contributed by atoms with Gasteiger partial charge in [-0.2, -0.15) is 4.31 Å². The highest BCUT2D eigenvalue weighted by Crippen LogP contribution is 2.29. The summed E-state index contributed by atoms with van der Waals surface area (Å²) in [7, 11) is -3.60. The quantitative estimate of drug-likeness (QED) is 0.642. The zero-order valence-electron chi connectivity index (χ0n) is 17.0. The summed E-state index contributed by atoms with van der Waals surface area (Å²) < 4.78 is 27.9. The predicted octanol–water partition coefficient (Wildman–Crippen LogP) is 3.50. The van der Waals surface area contributed by atoms with Crippen molar-refractivity contribution in [2.75, 3.05) is 29.9 Å². The van der Waals surface area contributed by atoms with Crippen LogP contribution in [0, 0.1) is 0 Å². The molecule has 0 aliphatic carbocycles. The number of sulfonamides is 1. The van der Waals surface area contributed by atoms with E-state index in [0.29, 0.717) is 25.3 Å². The minimum atomic E-state index is -3.60. The molecule has 0 atom stereocenters. The number of hydrogen-bond acceptors (Lipinski definition) is 5. The monoisotopic (exact) mass is 453 g/mol. The van der Waals surface area contributed by atoms with E-state index in [-0.39, 0.29) is 17.3 Å². The van der Waals surface area contributed by atoms with Crippen molar-refractivity contribution in [1.82, 2.24) is 4.31 Å². The summed E-state index contributed by atoms with van der Waals surface area (Å²) in [6, 6.07) is 16.7. The van der Waals surface area contributed by atoms with Crippen molar-refractivity contribution in [2.45, 2.75) is 24.3 Å². The van der Waals surface area contributed by atoms with Crippen molar-refractivity contribution in [3.8, 4) is 0 Å². The average Bonchev–Trinajstić information content (AvgIpc) is 3.44. The van der Waals surface area contributed by atoms with Gasteiger partial charge in [0.2, 0.25) is 15.9 Å². The molecule has 3 heterocycles. The molecule has 1 aromatic heterocycles. The molecule has 31 heavy (non-hydrogen) atoms.